The fraction of sp³-hybridized carbons (Fsp3) is 0.533. The van der Waals surface area contributed by atoms with Crippen molar-refractivity contribution in [2.75, 3.05) is 11.4 Å². The molecule has 3 nitrogen and oxygen atoms in total. The minimum Gasteiger partial charge on any atom is -0.384 e. The number of amidine groups is 1. The van der Waals surface area contributed by atoms with Crippen molar-refractivity contribution in [3.8, 4) is 0 Å². The molecular formula is C15H23N3. The SMILES string of the molecule is Cc1cc(N(CC2CC2)C(C)C)ccc1C(=N)N. The highest BCUT2D eigenvalue weighted by atomic mass is 15.2. The van der Waals surface area contributed by atoms with Crippen molar-refractivity contribution < 1.29 is 0 Å². The standard InChI is InChI=1S/C15H23N3/c1-10(2)18(9-12-4-5-12)13-6-7-14(15(16)17)11(3)8-13/h6-8,10,12H,4-5,9H2,1-3H3,(H3,16,17). The monoisotopic (exact) mass is 245 g/mol. The first-order valence-electron chi connectivity index (χ1n) is 6.70. The molecule has 0 saturated heterocycles. The van der Waals surface area contributed by atoms with Gasteiger partial charge in [0, 0.05) is 23.8 Å². The van der Waals surface area contributed by atoms with Gasteiger partial charge >= 0.3 is 0 Å². The van der Waals surface area contributed by atoms with E-state index in [4.69, 9.17) is 11.1 Å². The van der Waals surface area contributed by atoms with Crippen LogP contribution in [0.2, 0.25) is 0 Å². The summed E-state index contributed by atoms with van der Waals surface area (Å²) in [7, 11) is 0. The Morgan fingerprint density at radius 1 is 1.44 bits per heavy atom. The lowest BCUT2D eigenvalue weighted by Crippen LogP contribution is -2.32. The molecule has 0 aromatic heterocycles. The summed E-state index contributed by atoms with van der Waals surface area (Å²) < 4.78 is 0. The van der Waals surface area contributed by atoms with Crippen LogP contribution in [-0.4, -0.2) is 18.4 Å². The number of benzene rings is 1. The van der Waals surface area contributed by atoms with Gasteiger partial charge in [0.25, 0.3) is 0 Å². The summed E-state index contributed by atoms with van der Waals surface area (Å²) in [5.41, 5.74) is 8.74. The molecule has 1 saturated carbocycles. The topological polar surface area (TPSA) is 53.1 Å². The zero-order valence-electron chi connectivity index (χ0n) is 11.5. The van der Waals surface area contributed by atoms with E-state index in [0.29, 0.717) is 6.04 Å². The first-order valence-corrected chi connectivity index (χ1v) is 6.70. The number of hydrogen-bond donors (Lipinski definition) is 2. The second-order valence-corrected chi connectivity index (χ2v) is 5.60. The molecule has 18 heavy (non-hydrogen) atoms. The molecule has 1 aromatic rings. The van der Waals surface area contributed by atoms with Gasteiger partial charge in [-0.3, -0.25) is 5.41 Å². The lowest BCUT2D eigenvalue weighted by molar-refractivity contribution is 0.644. The van der Waals surface area contributed by atoms with E-state index in [1.165, 1.54) is 18.5 Å². The van der Waals surface area contributed by atoms with Crippen LogP contribution >= 0.6 is 0 Å². The molecule has 0 amide bonds. The van der Waals surface area contributed by atoms with Crippen LogP contribution in [0.4, 0.5) is 5.69 Å². The van der Waals surface area contributed by atoms with E-state index in [1.807, 2.05) is 13.0 Å². The van der Waals surface area contributed by atoms with Crippen LogP contribution in [0.15, 0.2) is 18.2 Å². The number of nitrogen functional groups attached to an aromatic ring is 1. The molecule has 0 bridgehead atoms. The molecule has 1 aliphatic carbocycles. The average molecular weight is 245 g/mol. The zero-order chi connectivity index (χ0) is 13.3. The summed E-state index contributed by atoms with van der Waals surface area (Å²) in [6.07, 6.45) is 2.74. The smallest absolute Gasteiger partial charge is 0.123 e. The molecule has 0 atom stereocenters. The second kappa shape index (κ2) is 5.01. The first-order chi connectivity index (χ1) is 8.49. The Hall–Kier alpha value is -1.51. The van der Waals surface area contributed by atoms with Crippen molar-refractivity contribution in [3.05, 3.63) is 29.3 Å². The van der Waals surface area contributed by atoms with Crippen molar-refractivity contribution in [2.24, 2.45) is 11.7 Å². The van der Waals surface area contributed by atoms with Crippen LogP contribution in [0, 0.1) is 18.3 Å². The van der Waals surface area contributed by atoms with Gasteiger partial charge in [-0.1, -0.05) is 0 Å². The lowest BCUT2D eigenvalue weighted by atomic mass is 10.1. The van der Waals surface area contributed by atoms with Gasteiger partial charge in [0.2, 0.25) is 0 Å². The van der Waals surface area contributed by atoms with Crippen molar-refractivity contribution in [1.82, 2.24) is 0 Å². The number of nitrogens with one attached hydrogen (secondary N) is 1. The molecule has 0 radical (unpaired) electrons. The highest BCUT2D eigenvalue weighted by molar-refractivity contribution is 5.96. The maximum atomic E-state index is 7.53. The molecule has 3 N–H and O–H groups in total. The van der Waals surface area contributed by atoms with E-state index >= 15 is 0 Å². The van der Waals surface area contributed by atoms with Crippen molar-refractivity contribution >= 4 is 11.5 Å². The van der Waals surface area contributed by atoms with E-state index in [1.54, 1.807) is 0 Å². The molecule has 0 heterocycles. The molecule has 2 rings (SSSR count). The van der Waals surface area contributed by atoms with Crippen LogP contribution in [0.5, 0.6) is 0 Å². The number of aryl methyl sites for hydroxylation is 1. The fourth-order valence-electron chi connectivity index (χ4n) is 2.32. The third-order valence-electron chi connectivity index (χ3n) is 3.61. The van der Waals surface area contributed by atoms with Gasteiger partial charge in [-0.2, -0.15) is 0 Å². The van der Waals surface area contributed by atoms with Crippen molar-refractivity contribution in [1.29, 1.82) is 5.41 Å². The summed E-state index contributed by atoms with van der Waals surface area (Å²) in [5, 5.41) is 7.53. The molecule has 1 fully saturated rings. The van der Waals surface area contributed by atoms with Gasteiger partial charge in [0.15, 0.2) is 0 Å². The molecule has 1 aliphatic rings. The molecule has 1 aromatic carbocycles. The Morgan fingerprint density at radius 2 is 2.11 bits per heavy atom. The van der Waals surface area contributed by atoms with Gasteiger partial charge < -0.3 is 10.6 Å². The van der Waals surface area contributed by atoms with Gasteiger partial charge in [-0.05, 0) is 63.3 Å². The average Bonchev–Trinajstić information content (AvgIpc) is 3.08. The third kappa shape index (κ3) is 2.84. The quantitative estimate of drug-likeness (QED) is 0.619. The summed E-state index contributed by atoms with van der Waals surface area (Å²) in [6, 6.07) is 6.72. The number of hydrogen-bond acceptors (Lipinski definition) is 2. The Kier molecular flexibility index (Phi) is 3.60. The van der Waals surface area contributed by atoms with Crippen LogP contribution in [0.1, 0.15) is 37.8 Å². The highest BCUT2D eigenvalue weighted by Crippen LogP contribution is 2.32. The van der Waals surface area contributed by atoms with Gasteiger partial charge in [0.1, 0.15) is 5.84 Å². The van der Waals surface area contributed by atoms with E-state index in [2.05, 4.69) is 30.9 Å². The summed E-state index contributed by atoms with van der Waals surface area (Å²) in [4.78, 5) is 2.45. The normalized spacial score (nSPS) is 14.9. The van der Waals surface area contributed by atoms with Crippen LogP contribution in [0.3, 0.4) is 0 Å². The predicted molar refractivity (Wildman–Crippen MR) is 77.4 cm³/mol. The molecule has 3 heteroatoms. The third-order valence-corrected chi connectivity index (χ3v) is 3.61. The molecule has 0 spiro atoms. The van der Waals surface area contributed by atoms with Crippen LogP contribution < -0.4 is 10.6 Å². The molecule has 98 valence electrons. The number of anilines is 1. The van der Waals surface area contributed by atoms with Gasteiger partial charge in [0.05, 0.1) is 0 Å². The minimum absolute atomic E-state index is 0.150. The van der Waals surface area contributed by atoms with E-state index in [-0.39, 0.29) is 5.84 Å². The zero-order valence-corrected chi connectivity index (χ0v) is 11.5. The molecule has 0 aliphatic heterocycles. The number of rotatable bonds is 5. The minimum atomic E-state index is 0.150. The largest absolute Gasteiger partial charge is 0.384 e. The summed E-state index contributed by atoms with van der Waals surface area (Å²) >= 11 is 0. The van der Waals surface area contributed by atoms with E-state index < -0.39 is 0 Å². The van der Waals surface area contributed by atoms with E-state index in [9.17, 15) is 0 Å². The summed E-state index contributed by atoms with van der Waals surface area (Å²) in [5.74, 6) is 1.03. The van der Waals surface area contributed by atoms with Crippen molar-refractivity contribution in [3.63, 3.8) is 0 Å². The number of nitrogens with two attached hydrogens (primary N) is 1. The fourth-order valence-corrected chi connectivity index (χ4v) is 2.32. The Bertz CT molecular complexity index is 447. The number of nitrogens with zero attached hydrogens (tertiary/aromatic N) is 1. The second-order valence-electron chi connectivity index (χ2n) is 5.60. The maximum Gasteiger partial charge on any atom is 0.123 e. The maximum absolute atomic E-state index is 7.53. The van der Waals surface area contributed by atoms with E-state index in [0.717, 1.165) is 23.6 Å². The first kappa shape index (κ1) is 12.9. The summed E-state index contributed by atoms with van der Waals surface area (Å²) in [6.45, 7) is 7.64. The van der Waals surface area contributed by atoms with Gasteiger partial charge in [-0.25, -0.2) is 0 Å². The Balaban J connectivity index is 2.24. The molecule has 0 unspecified atom stereocenters. The predicted octanol–water partition coefficient (Wildman–Crippen LogP) is 2.90. The van der Waals surface area contributed by atoms with Crippen molar-refractivity contribution in [2.45, 2.75) is 39.7 Å². The Labute approximate surface area is 109 Å². The van der Waals surface area contributed by atoms with Gasteiger partial charge in [-0.15, -0.1) is 0 Å². The molecular weight excluding hydrogens is 222 g/mol. The van der Waals surface area contributed by atoms with Crippen LogP contribution in [-0.2, 0) is 0 Å². The Morgan fingerprint density at radius 3 is 2.56 bits per heavy atom. The lowest BCUT2D eigenvalue weighted by Gasteiger charge is -2.29. The van der Waals surface area contributed by atoms with Crippen LogP contribution in [0.25, 0.3) is 0 Å². The highest BCUT2D eigenvalue weighted by Gasteiger charge is 2.25.